The molecular weight excluding hydrogens is 522 g/mol. The maximum absolute atomic E-state index is 12.5. The van der Waals surface area contributed by atoms with Gasteiger partial charge in [0.25, 0.3) is 0 Å². The summed E-state index contributed by atoms with van der Waals surface area (Å²) in [5.41, 5.74) is 2.58. The summed E-state index contributed by atoms with van der Waals surface area (Å²) in [5, 5.41) is 6.15. The van der Waals surface area contributed by atoms with Gasteiger partial charge < -0.3 is 19.9 Å². The van der Waals surface area contributed by atoms with Gasteiger partial charge in [-0.1, -0.05) is 42.5 Å². The molecule has 0 bridgehead atoms. The van der Waals surface area contributed by atoms with Crippen molar-refractivity contribution < 1.29 is 17.9 Å². The van der Waals surface area contributed by atoms with E-state index in [2.05, 4.69) is 25.3 Å². The monoisotopic (exact) mass is 545 g/mol. The predicted octanol–water partition coefficient (Wildman–Crippen LogP) is 4.31. The van der Waals surface area contributed by atoms with Crippen LogP contribution in [0.4, 0.5) is 13.2 Å². The Kier molecular flexibility index (Phi) is 9.16. The van der Waals surface area contributed by atoms with Crippen molar-refractivity contribution in [3.05, 3.63) is 83.9 Å². The Labute approximate surface area is 195 Å². The molecule has 3 rings (SSSR count). The summed E-state index contributed by atoms with van der Waals surface area (Å²) in [7, 11) is 1.60. The SMILES string of the molecule is CN=C(NCc1ccc(Cn2ccnc2)cc1)NCc1ccccc1OC(F)(F)F.I. The molecular formula is C21H23F3IN5O. The lowest BCUT2D eigenvalue weighted by Crippen LogP contribution is -2.36. The zero-order valence-corrected chi connectivity index (χ0v) is 19.1. The van der Waals surface area contributed by atoms with E-state index < -0.39 is 6.36 Å². The van der Waals surface area contributed by atoms with Gasteiger partial charge in [-0.15, -0.1) is 37.1 Å². The molecule has 0 saturated carbocycles. The van der Waals surface area contributed by atoms with Gasteiger partial charge in [-0.3, -0.25) is 4.99 Å². The number of nitrogens with zero attached hydrogens (tertiary/aromatic N) is 3. The van der Waals surface area contributed by atoms with Crippen LogP contribution in [0, 0.1) is 0 Å². The maximum Gasteiger partial charge on any atom is 0.573 e. The molecule has 0 fully saturated rings. The molecule has 166 valence electrons. The number of halogens is 4. The molecule has 0 aliphatic rings. The highest BCUT2D eigenvalue weighted by Gasteiger charge is 2.31. The van der Waals surface area contributed by atoms with Crippen LogP contribution >= 0.6 is 24.0 Å². The fourth-order valence-corrected chi connectivity index (χ4v) is 2.81. The van der Waals surface area contributed by atoms with Gasteiger partial charge in [-0.25, -0.2) is 4.98 Å². The van der Waals surface area contributed by atoms with Crippen molar-refractivity contribution >= 4 is 29.9 Å². The fraction of sp³-hybridized carbons (Fsp3) is 0.238. The molecule has 3 aromatic rings. The maximum atomic E-state index is 12.5. The van der Waals surface area contributed by atoms with E-state index in [0.29, 0.717) is 18.1 Å². The Morgan fingerprint density at radius 3 is 2.35 bits per heavy atom. The lowest BCUT2D eigenvalue weighted by molar-refractivity contribution is -0.274. The van der Waals surface area contributed by atoms with E-state index >= 15 is 0 Å². The molecule has 0 radical (unpaired) electrons. The highest BCUT2D eigenvalue weighted by atomic mass is 127. The topological polar surface area (TPSA) is 63.5 Å². The molecule has 0 aliphatic heterocycles. The molecule has 6 nitrogen and oxygen atoms in total. The third kappa shape index (κ3) is 8.12. The first-order chi connectivity index (χ1) is 14.4. The first-order valence-electron chi connectivity index (χ1n) is 9.24. The zero-order chi connectivity index (χ0) is 21.4. The number of para-hydroxylation sites is 1. The highest BCUT2D eigenvalue weighted by Crippen LogP contribution is 2.26. The van der Waals surface area contributed by atoms with Crippen LogP contribution in [0.25, 0.3) is 0 Å². The molecule has 10 heteroatoms. The lowest BCUT2D eigenvalue weighted by Gasteiger charge is -2.15. The minimum atomic E-state index is -4.74. The van der Waals surface area contributed by atoms with Gasteiger partial charge in [0.15, 0.2) is 5.96 Å². The minimum absolute atomic E-state index is 0. The van der Waals surface area contributed by atoms with Crippen molar-refractivity contribution in [2.24, 2.45) is 4.99 Å². The predicted molar refractivity (Wildman–Crippen MR) is 123 cm³/mol. The zero-order valence-electron chi connectivity index (χ0n) is 16.8. The standard InChI is InChI=1S/C21H22F3N5O.HI/c1-25-20(28-13-18-4-2-3-5-19(18)30-21(22,23)24)27-12-16-6-8-17(9-7-16)14-29-11-10-26-15-29;/h2-11,15H,12-14H2,1H3,(H2,25,27,28);1H. The Morgan fingerprint density at radius 1 is 1.03 bits per heavy atom. The van der Waals surface area contributed by atoms with Gasteiger partial charge in [0, 0.05) is 44.6 Å². The van der Waals surface area contributed by atoms with Crippen molar-refractivity contribution in [1.29, 1.82) is 0 Å². The molecule has 2 N–H and O–H groups in total. The number of aromatic nitrogens is 2. The fourth-order valence-electron chi connectivity index (χ4n) is 2.81. The van der Waals surface area contributed by atoms with E-state index in [1.165, 1.54) is 12.1 Å². The van der Waals surface area contributed by atoms with Crippen LogP contribution in [-0.2, 0) is 19.6 Å². The number of rotatable bonds is 7. The number of imidazole rings is 1. The second-order valence-corrected chi connectivity index (χ2v) is 6.49. The van der Waals surface area contributed by atoms with E-state index in [4.69, 9.17) is 0 Å². The molecule has 0 unspecified atom stereocenters. The van der Waals surface area contributed by atoms with E-state index in [9.17, 15) is 13.2 Å². The number of nitrogens with one attached hydrogen (secondary N) is 2. The quantitative estimate of drug-likeness (QED) is 0.264. The number of aliphatic imine (C=N–C) groups is 1. The highest BCUT2D eigenvalue weighted by molar-refractivity contribution is 14.0. The average Bonchev–Trinajstić information content (AvgIpc) is 3.22. The van der Waals surface area contributed by atoms with E-state index in [-0.39, 0.29) is 36.3 Å². The van der Waals surface area contributed by atoms with Crippen molar-refractivity contribution in [3.63, 3.8) is 0 Å². The Bertz CT molecular complexity index is 960. The van der Waals surface area contributed by atoms with Crippen molar-refractivity contribution in [1.82, 2.24) is 20.2 Å². The first-order valence-corrected chi connectivity index (χ1v) is 9.24. The van der Waals surface area contributed by atoms with E-state index in [1.807, 2.05) is 35.0 Å². The van der Waals surface area contributed by atoms with Gasteiger partial charge in [-0.2, -0.15) is 0 Å². The van der Waals surface area contributed by atoms with Gasteiger partial charge in [0.1, 0.15) is 5.75 Å². The van der Waals surface area contributed by atoms with Crippen molar-refractivity contribution in [2.45, 2.75) is 26.0 Å². The molecule has 2 aromatic carbocycles. The smallest absolute Gasteiger partial charge is 0.405 e. The number of hydrogen-bond donors (Lipinski definition) is 2. The summed E-state index contributed by atoms with van der Waals surface area (Å²) >= 11 is 0. The average molecular weight is 545 g/mol. The van der Waals surface area contributed by atoms with E-state index in [0.717, 1.165) is 17.7 Å². The van der Waals surface area contributed by atoms with Gasteiger partial charge >= 0.3 is 6.36 Å². The second-order valence-electron chi connectivity index (χ2n) is 6.49. The summed E-state index contributed by atoms with van der Waals surface area (Å²) in [6.07, 6.45) is 0.677. The molecule has 1 heterocycles. The van der Waals surface area contributed by atoms with Crippen LogP contribution in [0.2, 0.25) is 0 Å². The van der Waals surface area contributed by atoms with Crippen LogP contribution in [0.1, 0.15) is 16.7 Å². The molecule has 0 aliphatic carbocycles. The summed E-state index contributed by atoms with van der Waals surface area (Å²) in [5.74, 6) is 0.237. The number of alkyl halides is 3. The summed E-state index contributed by atoms with van der Waals surface area (Å²) in [6, 6.07) is 14.1. The summed E-state index contributed by atoms with van der Waals surface area (Å²) < 4.78 is 43.7. The van der Waals surface area contributed by atoms with Crippen molar-refractivity contribution in [2.75, 3.05) is 7.05 Å². The largest absolute Gasteiger partial charge is 0.573 e. The normalized spacial score (nSPS) is 11.5. The van der Waals surface area contributed by atoms with Crippen molar-refractivity contribution in [3.8, 4) is 5.75 Å². The number of benzene rings is 2. The lowest BCUT2D eigenvalue weighted by atomic mass is 10.1. The Hall–Kier alpha value is -2.76. The van der Waals surface area contributed by atoms with Crippen LogP contribution in [-0.4, -0.2) is 28.9 Å². The Balaban J connectivity index is 0.00000341. The van der Waals surface area contributed by atoms with Crippen LogP contribution in [0.5, 0.6) is 5.75 Å². The molecule has 0 atom stereocenters. The summed E-state index contributed by atoms with van der Waals surface area (Å²) in [6.45, 7) is 1.40. The second kappa shape index (κ2) is 11.6. The number of ether oxygens (including phenoxy) is 1. The van der Waals surface area contributed by atoms with E-state index in [1.54, 1.807) is 31.7 Å². The first kappa shape index (κ1) is 24.5. The molecule has 1 aromatic heterocycles. The minimum Gasteiger partial charge on any atom is -0.405 e. The number of guanidine groups is 1. The van der Waals surface area contributed by atoms with Gasteiger partial charge in [0.05, 0.1) is 6.33 Å². The molecule has 0 amide bonds. The van der Waals surface area contributed by atoms with Crippen LogP contribution in [0.3, 0.4) is 0 Å². The third-order valence-electron chi connectivity index (χ3n) is 4.28. The van der Waals surface area contributed by atoms with Gasteiger partial charge in [-0.05, 0) is 17.2 Å². The third-order valence-corrected chi connectivity index (χ3v) is 4.28. The molecule has 0 spiro atoms. The van der Waals surface area contributed by atoms with Crippen LogP contribution in [0.15, 0.2) is 72.2 Å². The Morgan fingerprint density at radius 2 is 1.71 bits per heavy atom. The number of hydrogen-bond acceptors (Lipinski definition) is 3. The van der Waals surface area contributed by atoms with Crippen LogP contribution < -0.4 is 15.4 Å². The molecule has 0 saturated heterocycles. The van der Waals surface area contributed by atoms with Gasteiger partial charge in [0.2, 0.25) is 0 Å². The summed E-state index contributed by atoms with van der Waals surface area (Å²) in [4.78, 5) is 8.14. The molecule has 31 heavy (non-hydrogen) atoms.